The lowest BCUT2D eigenvalue weighted by Gasteiger charge is -2.08. The van der Waals surface area contributed by atoms with E-state index in [0.717, 1.165) is 41.0 Å². The van der Waals surface area contributed by atoms with E-state index in [2.05, 4.69) is 33.1 Å². The van der Waals surface area contributed by atoms with Gasteiger partial charge in [0.15, 0.2) is 5.82 Å². The minimum atomic E-state index is 0.723. The topological polar surface area (TPSA) is 42.7 Å². The summed E-state index contributed by atoms with van der Waals surface area (Å²) in [5.74, 6) is 1.65. The van der Waals surface area contributed by atoms with Crippen LogP contribution in [0.15, 0.2) is 18.2 Å². The quantitative estimate of drug-likeness (QED) is 0.921. The second-order valence-electron chi connectivity index (χ2n) is 4.14. The van der Waals surface area contributed by atoms with Gasteiger partial charge in [-0.25, -0.2) is 0 Å². The molecule has 0 amide bonds. The molecule has 1 N–H and O–H groups in total. The van der Waals surface area contributed by atoms with Gasteiger partial charge < -0.3 is 5.32 Å². The van der Waals surface area contributed by atoms with Gasteiger partial charge in [-0.3, -0.25) is 4.57 Å². The highest BCUT2D eigenvalue weighted by atomic mass is 35.5. The highest BCUT2D eigenvalue weighted by Gasteiger charge is 2.12. The van der Waals surface area contributed by atoms with Crippen molar-refractivity contribution >= 4 is 17.5 Å². The largest absolute Gasteiger partial charge is 0.355 e. The maximum absolute atomic E-state index is 6.09. The predicted octanol–water partition coefficient (Wildman–Crippen LogP) is 3.36. The molecule has 0 spiro atoms. The highest BCUT2D eigenvalue weighted by Crippen LogP contribution is 2.25. The molecule has 0 aliphatic rings. The van der Waals surface area contributed by atoms with Gasteiger partial charge in [0.1, 0.15) is 0 Å². The summed E-state index contributed by atoms with van der Waals surface area (Å²) in [5.41, 5.74) is 2.12. The number of halogens is 1. The Balaban J connectivity index is 2.49. The van der Waals surface area contributed by atoms with Crippen LogP contribution < -0.4 is 5.32 Å². The fourth-order valence-corrected chi connectivity index (χ4v) is 2.26. The summed E-state index contributed by atoms with van der Waals surface area (Å²) in [4.78, 5) is 0. The molecule has 1 aromatic carbocycles. The second-order valence-corrected chi connectivity index (χ2v) is 4.58. The average molecular weight is 265 g/mol. The minimum absolute atomic E-state index is 0.723. The highest BCUT2D eigenvalue weighted by molar-refractivity contribution is 6.30. The molecule has 1 aromatic heterocycles. The van der Waals surface area contributed by atoms with Crippen LogP contribution in [0.2, 0.25) is 5.02 Å². The van der Waals surface area contributed by atoms with Crippen LogP contribution in [0.1, 0.15) is 19.4 Å². The first-order valence-electron chi connectivity index (χ1n) is 6.10. The van der Waals surface area contributed by atoms with Crippen molar-refractivity contribution in [3.8, 4) is 11.4 Å². The van der Waals surface area contributed by atoms with E-state index in [1.807, 2.05) is 26.0 Å². The summed E-state index contributed by atoms with van der Waals surface area (Å²) < 4.78 is 2.05. The van der Waals surface area contributed by atoms with E-state index in [4.69, 9.17) is 11.6 Å². The Morgan fingerprint density at radius 3 is 2.61 bits per heavy atom. The van der Waals surface area contributed by atoms with Crippen LogP contribution >= 0.6 is 11.6 Å². The van der Waals surface area contributed by atoms with Crippen molar-refractivity contribution in [1.29, 1.82) is 0 Å². The van der Waals surface area contributed by atoms with Crippen molar-refractivity contribution < 1.29 is 0 Å². The summed E-state index contributed by atoms with van der Waals surface area (Å²) in [6.45, 7) is 7.78. The van der Waals surface area contributed by atoms with Gasteiger partial charge in [-0.05, 0) is 44.5 Å². The molecule has 18 heavy (non-hydrogen) atoms. The number of hydrogen-bond donors (Lipinski definition) is 1. The zero-order valence-electron chi connectivity index (χ0n) is 10.9. The van der Waals surface area contributed by atoms with Crippen molar-refractivity contribution in [2.24, 2.45) is 0 Å². The van der Waals surface area contributed by atoms with Crippen LogP contribution in [0.4, 0.5) is 5.95 Å². The van der Waals surface area contributed by atoms with E-state index in [1.54, 1.807) is 0 Å². The lowest BCUT2D eigenvalue weighted by molar-refractivity contribution is 0.770. The zero-order valence-corrected chi connectivity index (χ0v) is 11.6. The normalized spacial score (nSPS) is 10.7. The van der Waals surface area contributed by atoms with Crippen LogP contribution in [0, 0.1) is 6.92 Å². The Bertz CT molecular complexity index is 528. The van der Waals surface area contributed by atoms with Gasteiger partial charge in [-0.15, -0.1) is 10.2 Å². The number of benzene rings is 1. The van der Waals surface area contributed by atoms with Crippen molar-refractivity contribution in [3.05, 3.63) is 28.8 Å². The third kappa shape index (κ3) is 2.48. The van der Waals surface area contributed by atoms with Gasteiger partial charge in [0, 0.05) is 23.7 Å². The van der Waals surface area contributed by atoms with Crippen molar-refractivity contribution in [1.82, 2.24) is 14.8 Å². The number of nitrogens with zero attached hydrogens (tertiary/aromatic N) is 3. The molecule has 1 heterocycles. The Kier molecular flexibility index (Phi) is 3.87. The summed E-state index contributed by atoms with van der Waals surface area (Å²) in [5, 5.41) is 12.3. The SMILES string of the molecule is CCNc1nnc(-c2cc(C)cc(Cl)c2)n1CC. The van der Waals surface area contributed by atoms with Gasteiger partial charge in [0.2, 0.25) is 5.95 Å². The third-order valence-corrected chi connectivity index (χ3v) is 2.92. The number of aryl methyl sites for hydroxylation is 1. The molecule has 0 aliphatic heterocycles. The molecule has 0 aliphatic carbocycles. The van der Waals surface area contributed by atoms with Gasteiger partial charge >= 0.3 is 0 Å². The maximum atomic E-state index is 6.09. The van der Waals surface area contributed by atoms with Crippen LogP contribution in [-0.2, 0) is 6.54 Å². The smallest absolute Gasteiger partial charge is 0.224 e. The zero-order chi connectivity index (χ0) is 13.1. The van der Waals surface area contributed by atoms with Crippen LogP contribution in [0.5, 0.6) is 0 Å². The Labute approximate surface area is 112 Å². The van der Waals surface area contributed by atoms with Gasteiger partial charge in [-0.1, -0.05) is 11.6 Å². The molecule has 5 heteroatoms. The standard InChI is InChI=1S/C13H17ClN4/c1-4-15-13-17-16-12(18(13)5-2)10-6-9(3)7-11(14)8-10/h6-8H,4-5H2,1-3H3,(H,15,17). The Morgan fingerprint density at radius 1 is 1.22 bits per heavy atom. The molecule has 0 radical (unpaired) electrons. The van der Waals surface area contributed by atoms with Crippen LogP contribution in [0.3, 0.4) is 0 Å². The molecule has 0 unspecified atom stereocenters. The summed E-state index contributed by atoms with van der Waals surface area (Å²) in [6.07, 6.45) is 0. The minimum Gasteiger partial charge on any atom is -0.355 e. The predicted molar refractivity (Wildman–Crippen MR) is 75.0 cm³/mol. The second kappa shape index (κ2) is 5.40. The monoisotopic (exact) mass is 264 g/mol. The maximum Gasteiger partial charge on any atom is 0.224 e. The molecule has 4 nitrogen and oxygen atoms in total. The molecular weight excluding hydrogens is 248 g/mol. The molecule has 2 rings (SSSR count). The fourth-order valence-electron chi connectivity index (χ4n) is 1.97. The van der Waals surface area contributed by atoms with E-state index < -0.39 is 0 Å². The van der Waals surface area contributed by atoms with E-state index in [9.17, 15) is 0 Å². The molecular formula is C13H17ClN4. The number of hydrogen-bond acceptors (Lipinski definition) is 3. The molecule has 0 saturated heterocycles. The Hall–Kier alpha value is -1.55. The van der Waals surface area contributed by atoms with E-state index in [1.165, 1.54) is 0 Å². The summed E-state index contributed by atoms with van der Waals surface area (Å²) in [7, 11) is 0. The molecule has 0 bridgehead atoms. The molecule has 0 fully saturated rings. The number of rotatable bonds is 4. The van der Waals surface area contributed by atoms with Gasteiger partial charge in [0.25, 0.3) is 0 Å². The van der Waals surface area contributed by atoms with E-state index >= 15 is 0 Å². The number of aromatic nitrogens is 3. The number of anilines is 1. The third-order valence-electron chi connectivity index (χ3n) is 2.70. The van der Waals surface area contributed by atoms with Crippen LogP contribution in [-0.4, -0.2) is 21.3 Å². The molecule has 0 saturated carbocycles. The van der Waals surface area contributed by atoms with Crippen molar-refractivity contribution in [3.63, 3.8) is 0 Å². The van der Waals surface area contributed by atoms with Crippen LogP contribution in [0.25, 0.3) is 11.4 Å². The van der Waals surface area contributed by atoms with Crippen molar-refractivity contribution in [2.45, 2.75) is 27.3 Å². The number of nitrogens with one attached hydrogen (secondary N) is 1. The summed E-state index contributed by atoms with van der Waals surface area (Å²) in [6, 6.07) is 5.92. The first kappa shape index (κ1) is 12.9. The average Bonchev–Trinajstić information content (AvgIpc) is 2.71. The lowest BCUT2D eigenvalue weighted by Crippen LogP contribution is -2.06. The van der Waals surface area contributed by atoms with E-state index in [0.29, 0.717) is 0 Å². The first-order chi connectivity index (χ1) is 8.65. The lowest BCUT2D eigenvalue weighted by atomic mass is 10.1. The molecule has 96 valence electrons. The van der Waals surface area contributed by atoms with Gasteiger partial charge in [0.05, 0.1) is 0 Å². The fraction of sp³-hybridized carbons (Fsp3) is 0.385. The van der Waals surface area contributed by atoms with Crippen molar-refractivity contribution in [2.75, 3.05) is 11.9 Å². The summed E-state index contributed by atoms with van der Waals surface area (Å²) >= 11 is 6.09. The molecule has 0 atom stereocenters. The van der Waals surface area contributed by atoms with Gasteiger partial charge in [-0.2, -0.15) is 0 Å². The van der Waals surface area contributed by atoms with E-state index in [-0.39, 0.29) is 0 Å². The first-order valence-corrected chi connectivity index (χ1v) is 6.48. The molecule has 2 aromatic rings. The Morgan fingerprint density at radius 2 is 2.00 bits per heavy atom.